The van der Waals surface area contributed by atoms with Gasteiger partial charge in [-0.05, 0) is 24.3 Å². The number of phenolic OH excluding ortho intramolecular Hbond substituents is 1. The fraction of sp³-hybridized carbons (Fsp3) is 0.188. The standard InChI is InChI=1S/C16H15NO2/c18-15-13-8-4-1-5-11(13)9-10-14(15)16(19)17-12-6-2-3-7-12/h1-5,8-10,12,18H,6-7H2,(H,17,19). The summed E-state index contributed by atoms with van der Waals surface area (Å²) in [6, 6.07) is 11.2. The van der Waals surface area contributed by atoms with Gasteiger partial charge in [0.05, 0.1) is 5.56 Å². The van der Waals surface area contributed by atoms with Crippen LogP contribution in [0, 0.1) is 0 Å². The van der Waals surface area contributed by atoms with Crippen LogP contribution in [-0.4, -0.2) is 17.1 Å². The van der Waals surface area contributed by atoms with E-state index < -0.39 is 0 Å². The molecule has 2 N–H and O–H groups in total. The highest BCUT2D eigenvalue weighted by Crippen LogP contribution is 2.28. The van der Waals surface area contributed by atoms with E-state index in [1.807, 2.05) is 30.3 Å². The molecule has 3 rings (SSSR count). The maximum atomic E-state index is 12.2. The van der Waals surface area contributed by atoms with Crippen LogP contribution in [-0.2, 0) is 0 Å². The van der Waals surface area contributed by atoms with E-state index in [1.54, 1.807) is 6.07 Å². The highest BCUT2D eigenvalue weighted by Gasteiger charge is 2.18. The van der Waals surface area contributed by atoms with E-state index in [4.69, 9.17) is 0 Å². The van der Waals surface area contributed by atoms with Crippen molar-refractivity contribution in [2.75, 3.05) is 0 Å². The zero-order valence-corrected chi connectivity index (χ0v) is 10.5. The third kappa shape index (κ3) is 2.19. The normalized spacial score (nSPS) is 14.9. The van der Waals surface area contributed by atoms with Crippen LogP contribution in [0.25, 0.3) is 10.8 Å². The minimum Gasteiger partial charge on any atom is -0.506 e. The Labute approximate surface area is 111 Å². The quantitative estimate of drug-likeness (QED) is 0.808. The van der Waals surface area contributed by atoms with Crippen LogP contribution in [0.2, 0.25) is 0 Å². The lowest BCUT2D eigenvalue weighted by molar-refractivity contribution is 0.0936. The Bertz CT molecular complexity index is 653. The van der Waals surface area contributed by atoms with Gasteiger partial charge in [-0.25, -0.2) is 0 Å². The molecule has 0 saturated carbocycles. The summed E-state index contributed by atoms with van der Waals surface area (Å²) < 4.78 is 0. The topological polar surface area (TPSA) is 49.3 Å². The van der Waals surface area contributed by atoms with Crippen molar-refractivity contribution in [3.05, 3.63) is 54.1 Å². The third-order valence-electron chi connectivity index (χ3n) is 3.49. The molecule has 0 heterocycles. The molecule has 0 bridgehead atoms. The Hall–Kier alpha value is -2.29. The van der Waals surface area contributed by atoms with Gasteiger partial charge in [-0.1, -0.05) is 42.5 Å². The van der Waals surface area contributed by atoms with Crippen molar-refractivity contribution in [2.24, 2.45) is 0 Å². The number of carbonyl (C=O) groups is 1. The van der Waals surface area contributed by atoms with Gasteiger partial charge in [-0.3, -0.25) is 4.79 Å². The number of benzene rings is 2. The molecular weight excluding hydrogens is 238 g/mol. The largest absolute Gasteiger partial charge is 0.506 e. The number of carbonyl (C=O) groups excluding carboxylic acids is 1. The van der Waals surface area contributed by atoms with Gasteiger partial charge >= 0.3 is 0 Å². The molecule has 2 aromatic rings. The molecule has 0 aliphatic heterocycles. The van der Waals surface area contributed by atoms with Crippen molar-refractivity contribution in [2.45, 2.75) is 18.9 Å². The lowest BCUT2D eigenvalue weighted by Crippen LogP contribution is -2.32. The smallest absolute Gasteiger partial charge is 0.255 e. The summed E-state index contributed by atoms with van der Waals surface area (Å²) in [6.07, 6.45) is 5.84. The first-order chi connectivity index (χ1) is 9.25. The molecule has 1 aliphatic rings. The van der Waals surface area contributed by atoms with Gasteiger partial charge < -0.3 is 10.4 Å². The summed E-state index contributed by atoms with van der Waals surface area (Å²) >= 11 is 0. The van der Waals surface area contributed by atoms with Gasteiger partial charge in [-0.15, -0.1) is 0 Å². The molecule has 0 atom stereocenters. The number of aromatic hydroxyl groups is 1. The second kappa shape index (κ2) is 4.76. The van der Waals surface area contributed by atoms with Crippen molar-refractivity contribution in [3.8, 4) is 5.75 Å². The summed E-state index contributed by atoms with van der Waals surface area (Å²) in [4.78, 5) is 12.2. The third-order valence-corrected chi connectivity index (χ3v) is 3.49. The predicted molar refractivity (Wildman–Crippen MR) is 75.2 cm³/mol. The van der Waals surface area contributed by atoms with Crippen LogP contribution >= 0.6 is 0 Å². The first-order valence-corrected chi connectivity index (χ1v) is 6.42. The Morgan fingerprint density at radius 3 is 2.63 bits per heavy atom. The molecule has 3 heteroatoms. The maximum absolute atomic E-state index is 12.2. The molecular formula is C16H15NO2. The SMILES string of the molecule is O=C(NC1CC=CC1)c1ccc2ccccc2c1O. The molecule has 0 fully saturated rings. The van der Waals surface area contributed by atoms with E-state index >= 15 is 0 Å². The second-order valence-electron chi connectivity index (χ2n) is 4.80. The van der Waals surface area contributed by atoms with Gasteiger partial charge in [0.15, 0.2) is 0 Å². The second-order valence-corrected chi connectivity index (χ2v) is 4.80. The molecule has 0 spiro atoms. The van der Waals surface area contributed by atoms with Crippen LogP contribution in [0.5, 0.6) is 5.75 Å². The fourth-order valence-electron chi connectivity index (χ4n) is 2.44. The molecule has 0 aromatic heterocycles. The van der Waals surface area contributed by atoms with E-state index in [9.17, 15) is 9.90 Å². The van der Waals surface area contributed by atoms with Crippen LogP contribution in [0.4, 0.5) is 0 Å². The van der Waals surface area contributed by atoms with E-state index in [2.05, 4.69) is 17.5 Å². The predicted octanol–water partition coefficient (Wildman–Crippen LogP) is 2.99. The molecule has 19 heavy (non-hydrogen) atoms. The van der Waals surface area contributed by atoms with Crippen molar-refractivity contribution in [1.82, 2.24) is 5.32 Å². The average Bonchev–Trinajstić information content (AvgIpc) is 2.92. The van der Waals surface area contributed by atoms with Gasteiger partial charge in [0.25, 0.3) is 5.91 Å². The zero-order valence-electron chi connectivity index (χ0n) is 10.5. The monoisotopic (exact) mass is 253 g/mol. The van der Waals surface area contributed by atoms with Crippen LogP contribution in [0.3, 0.4) is 0 Å². The van der Waals surface area contributed by atoms with Crippen LogP contribution in [0.1, 0.15) is 23.2 Å². The summed E-state index contributed by atoms with van der Waals surface area (Å²) in [5.74, 6) is -0.154. The first-order valence-electron chi connectivity index (χ1n) is 6.42. The van der Waals surface area contributed by atoms with Gasteiger partial charge in [-0.2, -0.15) is 0 Å². The molecule has 3 nitrogen and oxygen atoms in total. The number of rotatable bonds is 2. The van der Waals surface area contributed by atoms with Crippen molar-refractivity contribution >= 4 is 16.7 Å². The Kier molecular flexibility index (Phi) is 2.95. The number of amides is 1. The van der Waals surface area contributed by atoms with Gasteiger partial charge in [0, 0.05) is 11.4 Å². The molecule has 1 aliphatic carbocycles. The Balaban J connectivity index is 1.91. The number of fused-ring (bicyclic) bond motifs is 1. The summed E-state index contributed by atoms with van der Waals surface area (Å²) in [7, 11) is 0. The number of nitrogens with one attached hydrogen (secondary N) is 1. The summed E-state index contributed by atoms with van der Waals surface area (Å²) in [6.45, 7) is 0. The molecule has 0 saturated heterocycles. The summed E-state index contributed by atoms with van der Waals surface area (Å²) in [5.41, 5.74) is 0.339. The minimum absolute atomic E-state index is 0.0570. The number of hydrogen-bond donors (Lipinski definition) is 2. The van der Waals surface area contributed by atoms with E-state index in [0.717, 1.165) is 18.2 Å². The van der Waals surface area contributed by atoms with Crippen LogP contribution in [0.15, 0.2) is 48.6 Å². The Morgan fingerprint density at radius 2 is 1.84 bits per heavy atom. The van der Waals surface area contributed by atoms with Crippen molar-refractivity contribution in [1.29, 1.82) is 0 Å². The zero-order chi connectivity index (χ0) is 13.2. The number of hydrogen-bond acceptors (Lipinski definition) is 2. The van der Waals surface area contributed by atoms with Gasteiger partial charge in [0.1, 0.15) is 5.75 Å². The molecule has 1 amide bonds. The van der Waals surface area contributed by atoms with Crippen molar-refractivity contribution in [3.63, 3.8) is 0 Å². The summed E-state index contributed by atoms with van der Waals surface area (Å²) in [5, 5.41) is 14.8. The maximum Gasteiger partial charge on any atom is 0.255 e. The van der Waals surface area contributed by atoms with Crippen LogP contribution < -0.4 is 5.32 Å². The average molecular weight is 253 g/mol. The van der Waals surface area contributed by atoms with E-state index in [-0.39, 0.29) is 17.7 Å². The fourth-order valence-corrected chi connectivity index (χ4v) is 2.44. The minimum atomic E-state index is -0.211. The van der Waals surface area contributed by atoms with E-state index in [0.29, 0.717) is 10.9 Å². The molecule has 0 radical (unpaired) electrons. The molecule has 2 aromatic carbocycles. The lowest BCUT2D eigenvalue weighted by Gasteiger charge is -2.13. The Morgan fingerprint density at radius 1 is 1.11 bits per heavy atom. The highest BCUT2D eigenvalue weighted by atomic mass is 16.3. The highest BCUT2D eigenvalue weighted by molar-refractivity contribution is 6.03. The van der Waals surface area contributed by atoms with E-state index in [1.165, 1.54) is 0 Å². The van der Waals surface area contributed by atoms with Crippen molar-refractivity contribution < 1.29 is 9.90 Å². The number of phenols is 1. The first kappa shape index (κ1) is 11.8. The lowest BCUT2D eigenvalue weighted by atomic mass is 10.0. The van der Waals surface area contributed by atoms with Gasteiger partial charge in [0.2, 0.25) is 0 Å². The molecule has 0 unspecified atom stereocenters. The molecule has 96 valence electrons.